The van der Waals surface area contributed by atoms with Gasteiger partial charge < -0.3 is 19.9 Å². The number of rotatable bonds is 7. The molecule has 1 aromatic carbocycles. The average molecular weight is 239 g/mol. The molecule has 4 nitrogen and oxygen atoms in total. The van der Waals surface area contributed by atoms with Gasteiger partial charge in [-0.1, -0.05) is 0 Å². The minimum atomic E-state index is 0.637. The molecule has 96 valence electrons. The molecule has 0 aliphatic heterocycles. The van der Waals surface area contributed by atoms with E-state index in [0.717, 1.165) is 25.8 Å². The lowest BCUT2D eigenvalue weighted by Gasteiger charge is -2.14. The van der Waals surface area contributed by atoms with Crippen LogP contribution in [0.4, 0.5) is 0 Å². The Bertz CT molecular complexity index is 328. The van der Waals surface area contributed by atoms with Gasteiger partial charge in [0.2, 0.25) is 5.75 Å². The maximum absolute atomic E-state index is 5.48. The molecule has 0 amide bonds. The highest BCUT2D eigenvalue weighted by molar-refractivity contribution is 5.53. The molecule has 0 fully saturated rings. The van der Waals surface area contributed by atoms with E-state index in [2.05, 4.69) is 0 Å². The lowest BCUT2D eigenvalue weighted by atomic mass is 10.1. The van der Waals surface area contributed by atoms with Crippen LogP contribution in [0, 0.1) is 0 Å². The molecule has 0 aliphatic rings. The van der Waals surface area contributed by atoms with Crippen LogP contribution in [0.5, 0.6) is 17.2 Å². The van der Waals surface area contributed by atoms with Crippen molar-refractivity contribution in [2.45, 2.75) is 19.3 Å². The minimum Gasteiger partial charge on any atom is -0.493 e. The highest BCUT2D eigenvalue weighted by Gasteiger charge is 2.12. The van der Waals surface area contributed by atoms with Crippen LogP contribution in [0.25, 0.3) is 0 Å². The van der Waals surface area contributed by atoms with Crippen molar-refractivity contribution in [3.8, 4) is 17.2 Å². The van der Waals surface area contributed by atoms with Crippen molar-refractivity contribution >= 4 is 0 Å². The van der Waals surface area contributed by atoms with E-state index in [1.165, 1.54) is 5.56 Å². The van der Waals surface area contributed by atoms with Crippen molar-refractivity contribution < 1.29 is 14.2 Å². The zero-order chi connectivity index (χ0) is 12.7. The Hall–Kier alpha value is -1.42. The second kappa shape index (κ2) is 7.01. The third-order valence-electron chi connectivity index (χ3n) is 2.64. The van der Waals surface area contributed by atoms with Crippen LogP contribution in [-0.4, -0.2) is 27.9 Å². The van der Waals surface area contributed by atoms with E-state index in [9.17, 15) is 0 Å². The molecular weight excluding hydrogens is 218 g/mol. The second-order valence-electron chi connectivity index (χ2n) is 3.78. The van der Waals surface area contributed by atoms with Gasteiger partial charge in [-0.25, -0.2) is 0 Å². The number of hydrogen-bond donors (Lipinski definition) is 1. The maximum atomic E-state index is 5.48. The molecule has 0 saturated heterocycles. The van der Waals surface area contributed by atoms with Crippen molar-refractivity contribution in [3.05, 3.63) is 17.7 Å². The zero-order valence-electron chi connectivity index (χ0n) is 10.8. The van der Waals surface area contributed by atoms with E-state index in [0.29, 0.717) is 17.2 Å². The third-order valence-corrected chi connectivity index (χ3v) is 2.64. The van der Waals surface area contributed by atoms with Crippen LogP contribution < -0.4 is 19.9 Å². The number of nitrogens with two attached hydrogens (primary N) is 1. The highest BCUT2D eigenvalue weighted by atomic mass is 16.5. The molecule has 2 N–H and O–H groups in total. The summed E-state index contributed by atoms with van der Waals surface area (Å²) in [6.07, 6.45) is 3.06. The summed E-state index contributed by atoms with van der Waals surface area (Å²) in [5.41, 5.74) is 6.66. The van der Waals surface area contributed by atoms with E-state index >= 15 is 0 Å². The fourth-order valence-electron chi connectivity index (χ4n) is 1.75. The summed E-state index contributed by atoms with van der Waals surface area (Å²) in [4.78, 5) is 0. The average Bonchev–Trinajstić information content (AvgIpc) is 2.37. The predicted molar refractivity (Wildman–Crippen MR) is 68.1 cm³/mol. The Balaban J connectivity index is 2.92. The van der Waals surface area contributed by atoms with E-state index in [4.69, 9.17) is 19.9 Å². The lowest BCUT2D eigenvalue weighted by molar-refractivity contribution is 0.323. The van der Waals surface area contributed by atoms with E-state index in [1.54, 1.807) is 21.3 Å². The Morgan fingerprint density at radius 1 is 0.941 bits per heavy atom. The van der Waals surface area contributed by atoms with Gasteiger partial charge in [0, 0.05) is 0 Å². The number of hydrogen-bond acceptors (Lipinski definition) is 4. The third kappa shape index (κ3) is 3.53. The molecule has 17 heavy (non-hydrogen) atoms. The van der Waals surface area contributed by atoms with Crippen molar-refractivity contribution in [2.75, 3.05) is 27.9 Å². The fraction of sp³-hybridized carbons (Fsp3) is 0.538. The van der Waals surface area contributed by atoms with Gasteiger partial charge in [0.15, 0.2) is 11.5 Å². The second-order valence-corrected chi connectivity index (χ2v) is 3.78. The van der Waals surface area contributed by atoms with Crippen molar-refractivity contribution in [1.29, 1.82) is 0 Å². The SMILES string of the molecule is COc1cc(CCCCN)cc(OC)c1OC. The van der Waals surface area contributed by atoms with Gasteiger partial charge in [-0.15, -0.1) is 0 Å². The molecule has 1 rings (SSSR count). The monoisotopic (exact) mass is 239 g/mol. The van der Waals surface area contributed by atoms with E-state index in [-0.39, 0.29) is 0 Å². The van der Waals surface area contributed by atoms with Crippen LogP contribution in [0.2, 0.25) is 0 Å². The molecule has 0 atom stereocenters. The summed E-state index contributed by atoms with van der Waals surface area (Å²) in [6, 6.07) is 3.97. The van der Waals surface area contributed by atoms with Crippen LogP contribution in [-0.2, 0) is 6.42 Å². The molecule has 0 radical (unpaired) electrons. The number of ether oxygens (including phenoxy) is 3. The largest absolute Gasteiger partial charge is 0.493 e. The Labute approximate surface area is 103 Å². The normalized spacial score (nSPS) is 10.1. The summed E-state index contributed by atoms with van der Waals surface area (Å²) in [7, 11) is 4.86. The number of methoxy groups -OCH3 is 3. The Morgan fingerprint density at radius 2 is 1.53 bits per heavy atom. The Kier molecular flexibility index (Phi) is 5.63. The van der Waals surface area contributed by atoms with Gasteiger partial charge in [-0.2, -0.15) is 0 Å². The first-order valence-corrected chi connectivity index (χ1v) is 5.75. The standard InChI is InChI=1S/C13H21NO3/c1-15-11-8-10(6-4-5-7-14)9-12(16-2)13(11)17-3/h8-9H,4-7,14H2,1-3H3. The van der Waals surface area contributed by atoms with Crippen LogP contribution >= 0.6 is 0 Å². The summed E-state index contributed by atoms with van der Waals surface area (Å²) in [6.45, 7) is 0.727. The molecule has 0 aliphatic carbocycles. The topological polar surface area (TPSA) is 53.7 Å². The summed E-state index contributed by atoms with van der Waals surface area (Å²) in [5, 5.41) is 0. The first-order chi connectivity index (χ1) is 8.26. The van der Waals surface area contributed by atoms with Gasteiger partial charge >= 0.3 is 0 Å². The highest BCUT2D eigenvalue weighted by Crippen LogP contribution is 2.38. The van der Waals surface area contributed by atoms with Gasteiger partial charge in [-0.3, -0.25) is 0 Å². The molecule has 0 spiro atoms. The van der Waals surface area contributed by atoms with Crippen molar-refractivity contribution in [3.63, 3.8) is 0 Å². The predicted octanol–water partition coefficient (Wildman–Crippen LogP) is 1.99. The molecular formula is C13H21NO3. The van der Waals surface area contributed by atoms with E-state index < -0.39 is 0 Å². The summed E-state index contributed by atoms with van der Waals surface area (Å²) < 4.78 is 15.9. The van der Waals surface area contributed by atoms with Crippen LogP contribution in [0.15, 0.2) is 12.1 Å². The zero-order valence-corrected chi connectivity index (χ0v) is 10.8. The number of unbranched alkanes of at least 4 members (excludes halogenated alkanes) is 1. The van der Waals surface area contributed by atoms with Crippen molar-refractivity contribution in [1.82, 2.24) is 0 Å². The minimum absolute atomic E-state index is 0.637. The molecule has 0 bridgehead atoms. The lowest BCUT2D eigenvalue weighted by Crippen LogP contribution is -2.00. The molecule has 0 aromatic heterocycles. The number of aryl methyl sites for hydroxylation is 1. The molecule has 1 aromatic rings. The number of benzene rings is 1. The van der Waals surface area contributed by atoms with Crippen LogP contribution in [0.3, 0.4) is 0 Å². The first kappa shape index (κ1) is 13.6. The molecule has 0 heterocycles. The quantitative estimate of drug-likeness (QED) is 0.739. The molecule has 0 saturated carbocycles. The summed E-state index contributed by atoms with van der Waals surface area (Å²) >= 11 is 0. The van der Waals surface area contributed by atoms with Crippen LogP contribution in [0.1, 0.15) is 18.4 Å². The van der Waals surface area contributed by atoms with Gasteiger partial charge in [-0.05, 0) is 43.5 Å². The maximum Gasteiger partial charge on any atom is 0.203 e. The van der Waals surface area contributed by atoms with E-state index in [1.807, 2.05) is 12.1 Å². The fourth-order valence-corrected chi connectivity index (χ4v) is 1.75. The first-order valence-electron chi connectivity index (χ1n) is 5.75. The molecule has 0 unspecified atom stereocenters. The van der Waals surface area contributed by atoms with Gasteiger partial charge in [0.1, 0.15) is 0 Å². The Morgan fingerprint density at radius 3 is 1.94 bits per heavy atom. The smallest absolute Gasteiger partial charge is 0.203 e. The summed E-state index contributed by atoms with van der Waals surface area (Å²) in [5.74, 6) is 2.04. The molecule has 4 heteroatoms. The van der Waals surface area contributed by atoms with Crippen molar-refractivity contribution in [2.24, 2.45) is 5.73 Å². The van der Waals surface area contributed by atoms with Gasteiger partial charge in [0.25, 0.3) is 0 Å². The van der Waals surface area contributed by atoms with Gasteiger partial charge in [0.05, 0.1) is 21.3 Å².